The van der Waals surface area contributed by atoms with E-state index in [9.17, 15) is 0 Å². The number of allylic oxidation sites excluding steroid dienone is 1. The zero-order valence-electron chi connectivity index (χ0n) is 20.5. The lowest BCUT2D eigenvalue weighted by Crippen LogP contribution is -2.29. The van der Waals surface area contributed by atoms with Gasteiger partial charge >= 0.3 is 0 Å². The summed E-state index contributed by atoms with van der Waals surface area (Å²) in [6.45, 7) is 0. The fourth-order valence-electron chi connectivity index (χ4n) is 5.67. The second-order valence-electron chi connectivity index (χ2n) is 9.67. The van der Waals surface area contributed by atoms with Crippen LogP contribution >= 0.6 is 11.3 Å². The molecular weight excluding hydrogens is 482 g/mol. The normalized spacial score (nSPS) is 15.6. The molecular formula is C34H23N3S. The molecule has 1 N–H and O–H groups in total. The second kappa shape index (κ2) is 8.44. The van der Waals surface area contributed by atoms with E-state index in [2.05, 4.69) is 131 Å². The number of aromatic nitrogens is 1. The number of rotatable bonds is 3. The van der Waals surface area contributed by atoms with Gasteiger partial charge in [-0.25, -0.2) is 4.99 Å². The van der Waals surface area contributed by atoms with Gasteiger partial charge in [-0.05, 0) is 41.5 Å². The quantitative estimate of drug-likeness (QED) is 0.256. The van der Waals surface area contributed by atoms with Crippen LogP contribution in [-0.2, 0) is 0 Å². The standard InChI is InChI=1S/C34H23N3S/c1-3-11-22(12-4-1)28-20-29(23-13-5-2-6-14-23)36-34(35-28)37-30-17-9-7-15-24(30)26-19-27-25-16-8-10-18-32(25)38-33(27)21-31(26)37/h1-21,34-35H. The number of nitrogens with zero attached hydrogens (tertiary/aromatic N) is 2. The van der Waals surface area contributed by atoms with E-state index in [0.717, 1.165) is 22.5 Å². The molecule has 5 aromatic carbocycles. The molecule has 0 radical (unpaired) electrons. The van der Waals surface area contributed by atoms with Crippen LogP contribution in [0.3, 0.4) is 0 Å². The van der Waals surface area contributed by atoms with Gasteiger partial charge in [0.25, 0.3) is 0 Å². The lowest BCUT2D eigenvalue weighted by Gasteiger charge is -2.27. The van der Waals surface area contributed by atoms with Gasteiger partial charge in [0.05, 0.1) is 16.7 Å². The Morgan fingerprint density at radius 2 is 1.26 bits per heavy atom. The Hall–Kier alpha value is -4.67. The predicted octanol–water partition coefficient (Wildman–Crippen LogP) is 8.75. The first-order valence-corrected chi connectivity index (χ1v) is 13.7. The van der Waals surface area contributed by atoms with Crippen LogP contribution in [0.5, 0.6) is 0 Å². The third-order valence-electron chi connectivity index (χ3n) is 7.43. The molecule has 3 heterocycles. The van der Waals surface area contributed by atoms with E-state index in [0.29, 0.717) is 0 Å². The van der Waals surface area contributed by atoms with Gasteiger partial charge in [-0.2, -0.15) is 0 Å². The van der Waals surface area contributed by atoms with E-state index in [4.69, 9.17) is 4.99 Å². The minimum Gasteiger partial charge on any atom is -0.346 e. The van der Waals surface area contributed by atoms with Crippen molar-refractivity contribution in [1.82, 2.24) is 9.88 Å². The number of thiophene rings is 1. The lowest BCUT2D eigenvalue weighted by atomic mass is 10.0. The molecule has 3 nitrogen and oxygen atoms in total. The van der Waals surface area contributed by atoms with Gasteiger partial charge in [-0.1, -0.05) is 97.1 Å². The highest BCUT2D eigenvalue weighted by molar-refractivity contribution is 7.25. The number of benzene rings is 5. The first kappa shape index (κ1) is 21.4. The van der Waals surface area contributed by atoms with Gasteiger partial charge in [-0.3, -0.25) is 0 Å². The number of hydrogen-bond donors (Lipinski definition) is 1. The van der Waals surface area contributed by atoms with Crippen molar-refractivity contribution in [3.63, 3.8) is 0 Å². The van der Waals surface area contributed by atoms with Crippen molar-refractivity contribution in [2.45, 2.75) is 6.29 Å². The summed E-state index contributed by atoms with van der Waals surface area (Å²) in [6.07, 6.45) is 1.87. The van der Waals surface area contributed by atoms with E-state index in [1.54, 1.807) is 0 Å². The molecule has 0 aliphatic carbocycles. The minimum atomic E-state index is -0.292. The molecule has 7 aromatic rings. The van der Waals surface area contributed by atoms with Gasteiger partial charge in [0.15, 0.2) is 0 Å². The van der Waals surface area contributed by atoms with Crippen LogP contribution in [0.2, 0.25) is 0 Å². The molecule has 180 valence electrons. The van der Waals surface area contributed by atoms with Gasteiger partial charge in [0.1, 0.15) is 0 Å². The highest BCUT2D eigenvalue weighted by atomic mass is 32.1. The Kier molecular flexibility index (Phi) is 4.76. The van der Waals surface area contributed by atoms with Crippen LogP contribution in [0.15, 0.2) is 132 Å². The first-order chi connectivity index (χ1) is 18.8. The summed E-state index contributed by atoms with van der Waals surface area (Å²) in [5.41, 5.74) is 6.66. The zero-order chi connectivity index (χ0) is 25.1. The molecule has 2 aromatic heterocycles. The number of aliphatic imine (C=N–C) groups is 1. The summed E-state index contributed by atoms with van der Waals surface area (Å²) in [4.78, 5) is 5.29. The molecule has 0 saturated heterocycles. The number of para-hydroxylation sites is 1. The smallest absolute Gasteiger partial charge is 0.201 e. The van der Waals surface area contributed by atoms with Gasteiger partial charge < -0.3 is 9.88 Å². The molecule has 1 aliphatic heterocycles. The zero-order valence-corrected chi connectivity index (χ0v) is 21.3. The summed E-state index contributed by atoms with van der Waals surface area (Å²) >= 11 is 1.86. The molecule has 0 fully saturated rings. The third-order valence-corrected chi connectivity index (χ3v) is 8.57. The Bertz CT molecular complexity index is 2050. The van der Waals surface area contributed by atoms with Crippen molar-refractivity contribution in [2.24, 2.45) is 4.99 Å². The SMILES string of the molecule is C1=C(c2ccccc2)NC(n2c3ccccc3c3cc4c(cc32)sc2ccccc24)N=C1c1ccccc1. The molecule has 1 unspecified atom stereocenters. The van der Waals surface area contributed by atoms with Crippen molar-refractivity contribution in [3.8, 4) is 0 Å². The van der Waals surface area contributed by atoms with Crippen LogP contribution in [0.25, 0.3) is 47.7 Å². The van der Waals surface area contributed by atoms with Crippen molar-refractivity contribution in [1.29, 1.82) is 0 Å². The molecule has 1 aliphatic rings. The fourth-order valence-corrected chi connectivity index (χ4v) is 6.79. The predicted molar refractivity (Wildman–Crippen MR) is 162 cm³/mol. The highest BCUT2D eigenvalue weighted by Gasteiger charge is 2.24. The van der Waals surface area contributed by atoms with Crippen LogP contribution in [0.1, 0.15) is 17.4 Å². The largest absolute Gasteiger partial charge is 0.346 e. The van der Waals surface area contributed by atoms with E-state index in [1.165, 1.54) is 42.0 Å². The Morgan fingerprint density at radius 1 is 0.579 bits per heavy atom. The Balaban J connectivity index is 1.40. The maximum Gasteiger partial charge on any atom is 0.201 e. The number of fused-ring (bicyclic) bond motifs is 6. The summed E-state index contributed by atoms with van der Waals surface area (Å²) in [6, 6.07) is 43.1. The molecule has 4 heteroatoms. The van der Waals surface area contributed by atoms with E-state index >= 15 is 0 Å². The summed E-state index contributed by atoms with van der Waals surface area (Å²) in [5.74, 6) is 0. The van der Waals surface area contributed by atoms with E-state index in [-0.39, 0.29) is 6.29 Å². The second-order valence-corrected chi connectivity index (χ2v) is 10.8. The Labute approximate surface area is 224 Å². The molecule has 0 saturated carbocycles. The molecule has 0 amide bonds. The Morgan fingerprint density at radius 3 is 2.08 bits per heavy atom. The van der Waals surface area contributed by atoms with Gasteiger partial charge in [0, 0.05) is 36.6 Å². The average Bonchev–Trinajstić information content (AvgIpc) is 3.51. The lowest BCUT2D eigenvalue weighted by molar-refractivity contribution is 0.508. The maximum absolute atomic E-state index is 5.29. The number of hydrogen-bond acceptors (Lipinski definition) is 3. The fraction of sp³-hybridized carbons (Fsp3) is 0.0294. The minimum absolute atomic E-state index is 0.292. The van der Waals surface area contributed by atoms with Crippen molar-refractivity contribution in [3.05, 3.63) is 139 Å². The first-order valence-electron chi connectivity index (χ1n) is 12.8. The molecule has 0 spiro atoms. The molecule has 1 atom stereocenters. The van der Waals surface area contributed by atoms with Crippen LogP contribution in [-0.4, -0.2) is 10.3 Å². The van der Waals surface area contributed by atoms with Crippen molar-refractivity contribution < 1.29 is 0 Å². The molecule has 8 rings (SSSR count). The summed E-state index contributed by atoms with van der Waals surface area (Å²) < 4.78 is 4.98. The average molecular weight is 506 g/mol. The maximum atomic E-state index is 5.29. The summed E-state index contributed by atoms with van der Waals surface area (Å²) in [5, 5.41) is 8.91. The molecule has 0 bridgehead atoms. The highest BCUT2D eigenvalue weighted by Crippen LogP contribution is 2.41. The number of nitrogens with one attached hydrogen (secondary N) is 1. The van der Waals surface area contributed by atoms with Crippen LogP contribution in [0, 0.1) is 0 Å². The topological polar surface area (TPSA) is 29.3 Å². The summed E-state index contributed by atoms with van der Waals surface area (Å²) in [7, 11) is 0. The van der Waals surface area contributed by atoms with Crippen LogP contribution < -0.4 is 5.32 Å². The van der Waals surface area contributed by atoms with Crippen molar-refractivity contribution >= 4 is 64.7 Å². The monoisotopic (exact) mass is 505 g/mol. The van der Waals surface area contributed by atoms with Gasteiger partial charge in [-0.15, -0.1) is 11.3 Å². The molecule has 38 heavy (non-hydrogen) atoms. The third kappa shape index (κ3) is 3.31. The van der Waals surface area contributed by atoms with Crippen LogP contribution in [0.4, 0.5) is 0 Å². The van der Waals surface area contributed by atoms with Gasteiger partial charge in [0.2, 0.25) is 6.29 Å². The van der Waals surface area contributed by atoms with Crippen molar-refractivity contribution in [2.75, 3.05) is 0 Å². The van der Waals surface area contributed by atoms with E-state index < -0.39 is 0 Å². The van der Waals surface area contributed by atoms with E-state index in [1.807, 2.05) is 17.4 Å².